The number of hydrogen-bond acceptors (Lipinski definition) is 0. The van der Waals surface area contributed by atoms with E-state index in [1.54, 1.807) is 11.1 Å². The average Bonchev–Trinajstić information content (AvgIpc) is 3.02. The standard InChI is InChI=1S/C20H18.C16H16.C2H6/c1-2-8-17-14-18(13-12-15(17)6-1)20-11-5-9-16-7-3-4-10-19(16)20;1-2-7-13(8-3-1)16-12-6-10-14-9-4-5-11-15(14)16;1-2/h1-4,6-8,10,12-14,20H,5,9,11H2;1-5,7-9,11,16H,6,10,12H2;1-2H3. The van der Waals surface area contributed by atoms with Crippen molar-refractivity contribution in [1.29, 1.82) is 0 Å². The van der Waals surface area contributed by atoms with Gasteiger partial charge < -0.3 is 0 Å². The summed E-state index contributed by atoms with van der Waals surface area (Å²) >= 11 is 0. The van der Waals surface area contributed by atoms with Crippen molar-refractivity contribution in [2.75, 3.05) is 0 Å². The molecule has 0 bridgehead atoms. The van der Waals surface area contributed by atoms with E-state index in [4.69, 9.17) is 0 Å². The molecule has 5 aromatic rings. The van der Waals surface area contributed by atoms with E-state index < -0.39 is 0 Å². The molecule has 0 N–H and O–H groups in total. The quantitative estimate of drug-likeness (QED) is 0.228. The largest absolute Gasteiger partial charge is 0.0683 e. The van der Waals surface area contributed by atoms with E-state index in [0.717, 1.165) is 0 Å². The lowest BCUT2D eigenvalue weighted by Crippen LogP contribution is -2.10. The monoisotopic (exact) mass is 496 g/mol. The first-order chi connectivity index (χ1) is 18.9. The lowest BCUT2D eigenvalue weighted by atomic mass is 9.78. The van der Waals surface area contributed by atoms with E-state index in [1.165, 1.54) is 71.6 Å². The average molecular weight is 497 g/mol. The molecule has 0 fully saturated rings. The third kappa shape index (κ3) is 5.76. The van der Waals surface area contributed by atoms with E-state index in [-0.39, 0.29) is 0 Å². The molecule has 0 nitrogen and oxygen atoms in total. The van der Waals surface area contributed by atoms with Crippen LogP contribution in [0.1, 0.15) is 84.7 Å². The van der Waals surface area contributed by atoms with Gasteiger partial charge in [-0.15, -0.1) is 0 Å². The van der Waals surface area contributed by atoms with Crippen molar-refractivity contribution >= 4 is 10.8 Å². The normalized spacial score (nSPS) is 17.6. The van der Waals surface area contributed by atoms with Gasteiger partial charge in [-0.25, -0.2) is 0 Å². The molecule has 0 heteroatoms. The Morgan fingerprint density at radius 2 is 0.947 bits per heavy atom. The molecule has 2 aliphatic carbocycles. The molecule has 0 amide bonds. The third-order valence-electron chi connectivity index (χ3n) is 8.12. The van der Waals surface area contributed by atoms with Gasteiger partial charge in [0.1, 0.15) is 0 Å². The number of benzene rings is 5. The Labute approximate surface area is 229 Å². The minimum atomic E-state index is 0.574. The first kappa shape index (κ1) is 26.0. The van der Waals surface area contributed by atoms with Crippen LogP contribution in [0, 0.1) is 0 Å². The topological polar surface area (TPSA) is 0 Å². The molecule has 0 radical (unpaired) electrons. The van der Waals surface area contributed by atoms with Gasteiger partial charge in [0.2, 0.25) is 0 Å². The summed E-state index contributed by atoms with van der Waals surface area (Å²) in [6.07, 6.45) is 7.67. The van der Waals surface area contributed by atoms with Crippen LogP contribution in [0.25, 0.3) is 10.8 Å². The Hall–Kier alpha value is -3.64. The molecule has 2 unspecified atom stereocenters. The predicted molar refractivity (Wildman–Crippen MR) is 164 cm³/mol. The van der Waals surface area contributed by atoms with Gasteiger partial charge in [0.15, 0.2) is 0 Å². The fourth-order valence-corrected chi connectivity index (χ4v) is 6.31. The number of rotatable bonds is 2. The van der Waals surface area contributed by atoms with Crippen LogP contribution >= 0.6 is 0 Å². The van der Waals surface area contributed by atoms with E-state index in [9.17, 15) is 0 Å². The van der Waals surface area contributed by atoms with Crippen molar-refractivity contribution < 1.29 is 0 Å². The van der Waals surface area contributed by atoms with Crippen LogP contribution < -0.4 is 0 Å². The summed E-state index contributed by atoms with van der Waals surface area (Å²) in [6, 6.07) is 44.4. The highest BCUT2D eigenvalue weighted by molar-refractivity contribution is 5.83. The molecular weight excluding hydrogens is 456 g/mol. The molecule has 0 aromatic heterocycles. The molecule has 0 saturated heterocycles. The fourth-order valence-electron chi connectivity index (χ4n) is 6.31. The second-order valence-corrected chi connectivity index (χ2v) is 10.3. The number of hydrogen-bond donors (Lipinski definition) is 0. The highest BCUT2D eigenvalue weighted by Gasteiger charge is 2.22. The van der Waals surface area contributed by atoms with Crippen molar-refractivity contribution in [3.8, 4) is 0 Å². The van der Waals surface area contributed by atoms with Crippen molar-refractivity contribution in [2.45, 2.75) is 64.2 Å². The van der Waals surface area contributed by atoms with Gasteiger partial charge in [0, 0.05) is 11.8 Å². The van der Waals surface area contributed by atoms with Crippen LogP contribution in [-0.2, 0) is 12.8 Å². The van der Waals surface area contributed by atoms with Crippen LogP contribution in [0.3, 0.4) is 0 Å². The van der Waals surface area contributed by atoms with E-state index in [2.05, 4.69) is 121 Å². The second kappa shape index (κ2) is 12.7. The molecule has 0 saturated carbocycles. The molecular formula is C38H40. The van der Waals surface area contributed by atoms with Crippen molar-refractivity contribution in [2.24, 2.45) is 0 Å². The smallest absolute Gasteiger partial charge is 0.00924 e. The lowest BCUT2D eigenvalue weighted by Gasteiger charge is -2.26. The Kier molecular flexibility index (Phi) is 8.71. The summed E-state index contributed by atoms with van der Waals surface area (Å²) in [7, 11) is 0. The molecule has 7 rings (SSSR count). The van der Waals surface area contributed by atoms with Crippen molar-refractivity contribution in [3.63, 3.8) is 0 Å². The van der Waals surface area contributed by atoms with Crippen LogP contribution in [0.5, 0.6) is 0 Å². The van der Waals surface area contributed by atoms with E-state index in [1.807, 2.05) is 13.8 Å². The SMILES string of the molecule is CC.c1ccc(C2CCCc3ccccc32)cc1.c1ccc2c(c1)CCCC2c1ccc2ccccc2c1. The summed E-state index contributed by atoms with van der Waals surface area (Å²) in [4.78, 5) is 0. The van der Waals surface area contributed by atoms with E-state index in [0.29, 0.717) is 11.8 Å². The summed E-state index contributed by atoms with van der Waals surface area (Å²) in [5.74, 6) is 1.19. The maximum atomic E-state index is 2.38. The molecule has 0 aliphatic heterocycles. The minimum absolute atomic E-state index is 0.574. The summed E-state index contributed by atoms with van der Waals surface area (Å²) in [6.45, 7) is 4.00. The van der Waals surface area contributed by atoms with Gasteiger partial charge in [0.25, 0.3) is 0 Å². The number of aryl methyl sites for hydroxylation is 2. The lowest BCUT2D eigenvalue weighted by molar-refractivity contribution is 0.616. The third-order valence-corrected chi connectivity index (χ3v) is 8.12. The molecule has 2 aliphatic rings. The zero-order chi connectivity index (χ0) is 26.2. The zero-order valence-electron chi connectivity index (χ0n) is 22.9. The first-order valence-corrected chi connectivity index (χ1v) is 14.6. The van der Waals surface area contributed by atoms with Gasteiger partial charge >= 0.3 is 0 Å². The van der Waals surface area contributed by atoms with Gasteiger partial charge in [-0.3, -0.25) is 0 Å². The molecule has 5 aromatic carbocycles. The fraction of sp³-hybridized carbons (Fsp3) is 0.263. The molecule has 38 heavy (non-hydrogen) atoms. The number of fused-ring (bicyclic) bond motifs is 3. The van der Waals surface area contributed by atoms with Crippen molar-refractivity contribution in [1.82, 2.24) is 0 Å². The summed E-state index contributed by atoms with van der Waals surface area (Å²) < 4.78 is 0. The molecule has 192 valence electrons. The highest BCUT2D eigenvalue weighted by atomic mass is 14.3. The summed E-state index contributed by atoms with van der Waals surface area (Å²) in [5.41, 5.74) is 9.10. The van der Waals surface area contributed by atoms with E-state index >= 15 is 0 Å². The Morgan fingerprint density at radius 1 is 0.447 bits per heavy atom. The summed E-state index contributed by atoms with van der Waals surface area (Å²) in [5, 5.41) is 2.69. The molecule has 0 spiro atoms. The minimum Gasteiger partial charge on any atom is -0.0683 e. The van der Waals surface area contributed by atoms with Gasteiger partial charge in [-0.05, 0) is 82.7 Å². The van der Waals surface area contributed by atoms with Crippen molar-refractivity contribution in [3.05, 3.63) is 155 Å². The van der Waals surface area contributed by atoms with Crippen LogP contribution in [0.15, 0.2) is 121 Å². The Balaban J connectivity index is 0.000000149. The Bertz CT molecular complexity index is 1450. The second-order valence-electron chi connectivity index (χ2n) is 10.3. The molecule has 0 heterocycles. The molecule has 2 atom stereocenters. The van der Waals surface area contributed by atoms with Gasteiger partial charge in [-0.1, -0.05) is 135 Å². The Morgan fingerprint density at radius 3 is 1.58 bits per heavy atom. The van der Waals surface area contributed by atoms with Crippen LogP contribution in [0.4, 0.5) is 0 Å². The first-order valence-electron chi connectivity index (χ1n) is 14.6. The van der Waals surface area contributed by atoms with Crippen LogP contribution in [-0.4, -0.2) is 0 Å². The zero-order valence-corrected chi connectivity index (χ0v) is 22.9. The maximum Gasteiger partial charge on any atom is 0.00924 e. The predicted octanol–water partition coefficient (Wildman–Crippen LogP) is 10.5. The van der Waals surface area contributed by atoms with Crippen LogP contribution in [0.2, 0.25) is 0 Å². The van der Waals surface area contributed by atoms with Gasteiger partial charge in [-0.2, -0.15) is 0 Å². The highest BCUT2D eigenvalue weighted by Crippen LogP contribution is 2.38. The maximum absolute atomic E-state index is 2.38. The van der Waals surface area contributed by atoms with Gasteiger partial charge in [0.05, 0.1) is 0 Å².